The van der Waals surface area contributed by atoms with E-state index in [1.165, 1.54) is 0 Å². The molecule has 0 aliphatic carbocycles. The van der Waals surface area contributed by atoms with Crippen molar-refractivity contribution >= 4 is 21.8 Å². The van der Waals surface area contributed by atoms with Crippen LogP contribution in [0.25, 0.3) is 0 Å². The molecule has 0 bridgehead atoms. The van der Waals surface area contributed by atoms with Gasteiger partial charge >= 0.3 is 0 Å². The van der Waals surface area contributed by atoms with Crippen LogP contribution in [0.5, 0.6) is 0 Å². The summed E-state index contributed by atoms with van der Waals surface area (Å²) in [5.41, 5.74) is 1.54. The zero-order chi connectivity index (χ0) is 13.1. The Morgan fingerprint density at radius 2 is 2.17 bits per heavy atom. The fourth-order valence-electron chi connectivity index (χ4n) is 2.14. The van der Waals surface area contributed by atoms with Crippen LogP contribution in [0, 0.1) is 6.92 Å². The monoisotopic (exact) mass is 312 g/mol. The quantitative estimate of drug-likeness (QED) is 0.842. The maximum Gasteiger partial charge on any atom is 0.273 e. The molecule has 5 heteroatoms. The minimum atomic E-state index is -0.00331. The SMILES string of the molecule is COC1CCN(C(=O)c2ncc(C)cc2Br)CC1. The molecule has 1 saturated heterocycles. The van der Waals surface area contributed by atoms with Crippen LogP contribution in [0.4, 0.5) is 0 Å². The molecule has 0 N–H and O–H groups in total. The zero-order valence-corrected chi connectivity index (χ0v) is 12.2. The molecule has 1 aliphatic heterocycles. The van der Waals surface area contributed by atoms with E-state index in [0.717, 1.165) is 36.0 Å². The molecule has 1 amide bonds. The Morgan fingerprint density at radius 3 is 2.72 bits per heavy atom. The summed E-state index contributed by atoms with van der Waals surface area (Å²) in [5.74, 6) is -0.00331. The lowest BCUT2D eigenvalue weighted by Gasteiger charge is -2.31. The van der Waals surface area contributed by atoms with Crippen molar-refractivity contribution in [3.8, 4) is 0 Å². The van der Waals surface area contributed by atoms with E-state index in [1.807, 2.05) is 17.9 Å². The second-order valence-electron chi connectivity index (χ2n) is 4.57. The van der Waals surface area contributed by atoms with Crippen molar-refractivity contribution in [1.29, 1.82) is 0 Å². The van der Waals surface area contributed by atoms with Gasteiger partial charge in [0, 0.05) is 30.9 Å². The first-order valence-electron chi connectivity index (χ1n) is 6.06. The van der Waals surface area contributed by atoms with Crippen molar-refractivity contribution in [2.75, 3.05) is 20.2 Å². The number of methoxy groups -OCH3 is 1. The fourth-order valence-corrected chi connectivity index (χ4v) is 2.77. The minimum absolute atomic E-state index is 0.00331. The van der Waals surface area contributed by atoms with Gasteiger partial charge in [-0.1, -0.05) is 0 Å². The van der Waals surface area contributed by atoms with Crippen LogP contribution in [0.15, 0.2) is 16.7 Å². The predicted molar refractivity (Wildman–Crippen MR) is 72.6 cm³/mol. The number of pyridine rings is 1. The highest BCUT2D eigenvalue weighted by Crippen LogP contribution is 2.20. The van der Waals surface area contributed by atoms with Crippen molar-refractivity contribution in [2.45, 2.75) is 25.9 Å². The van der Waals surface area contributed by atoms with Gasteiger partial charge in [0.2, 0.25) is 0 Å². The number of amides is 1. The van der Waals surface area contributed by atoms with Gasteiger partial charge in [0.15, 0.2) is 0 Å². The number of ether oxygens (including phenoxy) is 1. The van der Waals surface area contributed by atoms with E-state index in [2.05, 4.69) is 20.9 Å². The summed E-state index contributed by atoms with van der Waals surface area (Å²) in [5, 5.41) is 0. The lowest BCUT2D eigenvalue weighted by Crippen LogP contribution is -2.41. The first kappa shape index (κ1) is 13.5. The van der Waals surface area contributed by atoms with Crippen LogP contribution < -0.4 is 0 Å². The average Bonchev–Trinajstić information content (AvgIpc) is 2.38. The number of carbonyl (C=O) groups excluding carboxylic acids is 1. The zero-order valence-electron chi connectivity index (χ0n) is 10.6. The molecule has 18 heavy (non-hydrogen) atoms. The van der Waals surface area contributed by atoms with E-state index in [4.69, 9.17) is 4.74 Å². The molecule has 0 spiro atoms. The Kier molecular flexibility index (Phi) is 4.35. The average molecular weight is 313 g/mol. The van der Waals surface area contributed by atoms with Crippen molar-refractivity contribution in [3.63, 3.8) is 0 Å². The second-order valence-corrected chi connectivity index (χ2v) is 5.42. The maximum absolute atomic E-state index is 12.3. The highest BCUT2D eigenvalue weighted by Gasteiger charge is 2.25. The topological polar surface area (TPSA) is 42.4 Å². The number of likely N-dealkylation sites (tertiary alicyclic amines) is 1. The summed E-state index contributed by atoms with van der Waals surface area (Å²) >= 11 is 3.41. The summed E-state index contributed by atoms with van der Waals surface area (Å²) in [7, 11) is 1.72. The third-order valence-corrected chi connectivity index (χ3v) is 3.85. The van der Waals surface area contributed by atoms with Gasteiger partial charge in [0.1, 0.15) is 5.69 Å². The molecule has 1 aromatic heterocycles. The number of piperidine rings is 1. The molecule has 4 nitrogen and oxygen atoms in total. The Bertz CT molecular complexity index is 443. The molecule has 0 atom stereocenters. The predicted octanol–water partition coefficient (Wildman–Crippen LogP) is 2.40. The molecule has 2 rings (SSSR count). The van der Waals surface area contributed by atoms with Crippen molar-refractivity contribution in [3.05, 3.63) is 28.0 Å². The number of carbonyl (C=O) groups is 1. The smallest absolute Gasteiger partial charge is 0.273 e. The summed E-state index contributed by atoms with van der Waals surface area (Å²) in [4.78, 5) is 18.4. The van der Waals surface area contributed by atoms with Crippen molar-refractivity contribution in [2.24, 2.45) is 0 Å². The minimum Gasteiger partial charge on any atom is -0.381 e. The highest BCUT2D eigenvalue weighted by atomic mass is 79.9. The van der Waals surface area contributed by atoms with Gasteiger partial charge in [-0.05, 0) is 47.3 Å². The Labute approximate surface area is 115 Å². The molecule has 2 heterocycles. The molecule has 1 aliphatic rings. The number of hydrogen-bond donors (Lipinski definition) is 0. The molecule has 0 radical (unpaired) electrons. The van der Waals surface area contributed by atoms with Crippen LogP contribution in [0.2, 0.25) is 0 Å². The van der Waals surface area contributed by atoms with Gasteiger partial charge in [-0.25, -0.2) is 4.98 Å². The first-order valence-corrected chi connectivity index (χ1v) is 6.85. The summed E-state index contributed by atoms with van der Waals surface area (Å²) in [6, 6.07) is 1.92. The molecular weight excluding hydrogens is 296 g/mol. The van der Waals surface area contributed by atoms with Gasteiger partial charge in [0.25, 0.3) is 5.91 Å². The van der Waals surface area contributed by atoms with Gasteiger partial charge in [-0.2, -0.15) is 0 Å². The summed E-state index contributed by atoms with van der Waals surface area (Å²) < 4.78 is 6.07. The molecule has 0 unspecified atom stereocenters. The molecule has 1 fully saturated rings. The van der Waals surface area contributed by atoms with E-state index in [-0.39, 0.29) is 12.0 Å². The third kappa shape index (κ3) is 2.90. The number of halogens is 1. The fraction of sp³-hybridized carbons (Fsp3) is 0.538. The third-order valence-electron chi connectivity index (χ3n) is 3.24. The van der Waals surface area contributed by atoms with Crippen molar-refractivity contribution in [1.82, 2.24) is 9.88 Å². The molecular formula is C13H17BrN2O2. The van der Waals surface area contributed by atoms with E-state index >= 15 is 0 Å². The van der Waals surface area contributed by atoms with Gasteiger partial charge in [-0.3, -0.25) is 4.79 Å². The number of hydrogen-bond acceptors (Lipinski definition) is 3. The van der Waals surface area contributed by atoms with E-state index in [9.17, 15) is 4.79 Å². The number of nitrogens with zero attached hydrogens (tertiary/aromatic N) is 2. The van der Waals surface area contributed by atoms with E-state index in [1.54, 1.807) is 13.3 Å². The Balaban J connectivity index is 2.08. The highest BCUT2D eigenvalue weighted by molar-refractivity contribution is 9.10. The normalized spacial score (nSPS) is 16.9. The Hall–Kier alpha value is -0.940. The maximum atomic E-state index is 12.3. The van der Waals surface area contributed by atoms with Gasteiger partial charge < -0.3 is 9.64 Å². The number of aryl methyl sites for hydroxylation is 1. The van der Waals surface area contributed by atoms with Crippen LogP contribution in [-0.2, 0) is 4.74 Å². The lowest BCUT2D eigenvalue weighted by atomic mass is 10.1. The van der Waals surface area contributed by atoms with Gasteiger partial charge in [0.05, 0.1) is 6.10 Å². The van der Waals surface area contributed by atoms with Crippen LogP contribution >= 0.6 is 15.9 Å². The molecule has 0 aromatic carbocycles. The first-order chi connectivity index (χ1) is 8.61. The standard InChI is InChI=1S/C13H17BrN2O2/c1-9-7-11(14)12(15-8-9)13(17)16-5-3-10(18-2)4-6-16/h7-8,10H,3-6H2,1-2H3. The molecule has 98 valence electrons. The summed E-state index contributed by atoms with van der Waals surface area (Å²) in [6.07, 6.45) is 3.79. The van der Waals surface area contributed by atoms with Crippen molar-refractivity contribution < 1.29 is 9.53 Å². The second kappa shape index (κ2) is 5.80. The lowest BCUT2D eigenvalue weighted by molar-refractivity contribution is 0.0347. The Morgan fingerprint density at radius 1 is 1.50 bits per heavy atom. The van der Waals surface area contributed by atoms with Crippen LogP contribution in [-0.4, -0.2) is 42.1 Å². The van der Waals surface area contributed by atoms with Gasteiger partial charge in [-0.15, -0.1) is 0 Å². The van der Waals surface area contributed by atoms with Crippen LogP contribution in [0.3, 0.4) is 0 Å². The van der Waals surface area contributed by atoms with Crippen LogP contribution in [0.1, 0.15) is 28.9 Å². The number of aromatic nitrogens is 1. The largest absolute Gasteiger partial charge is 0.381 e. The van der Waals surface area contributed by atoms with E-state index in [0.29, 0.717) is 5.69 Å². The summed E-state index contributed by atoms with van der Waals surface area (Å²) in [6.45, 7) is 3.43. The molecule has 0 saturated carbocycles. The molecule has 1 aromatic rings. The number of rotatable bonds is 2. The van der Waals surface area contributed by atoms with E-state index < -0.39 is 0 Å².